The van der Waals surface area contributed by atoms with Gasteiger partial charge in [0.05, 0.1) is 15.5 Å². The van der Waals surface area contributed by atoms with E-state index in [9.17, 15) is 13.2 Å². The van der Waals surface area contributed by atoms with Crippen molar-refractivity contribution < 1.29 is 13.2 Å². The van der Waals surface area contributed by atoms with Gasteiger partial charge in [-0.25, -0.2) is 8.42 Å². The summed E-state index contributed by atoms with van der Waals surface area (Å²) in [6, 6.07) is 18.9. The van der Waals surface area contributed by atoms with Crippen molar-refractivity contribution in [3.05, 3.63) is 89.1 Å². The van der Waals surface area contributed by atoms with E-state index in [-0.39, 0.29) is 33.2 Å². The van der Waals surface area contributed by atoms with E-state index in [0.717, 1.165) is 11.8 Å². The van der Waals surface area contributed by atoms with Gasteiger partial charge < -0.3 is 5.32 Å². The molecule has 2 N–H and O–H groups in total. The third-order valence-electron chi connectivity index (χ3n) is 4.66. The normalized spacial score (nSPS) is 11.1. The molecule has 2 aromatic heterocycles. The molecular formula is C23H19ClN6O3S. The maximum Gasteiger partial charge on any atom is 0.259 e. The summed E-state index contributed by atoms with van der Waals surface area (Å²) in [5.74, 6) is -0.106. The second kappa shape index (κ2) is 9.94. The summed E-state index contributed by atoms with van der Waals surface area (Å²) >= 11 is 6.17. The number of nitrogens with one attached hydrogen (secondary N) is 2. The maximum absolute atomic E-state index is 12.9. The van der Waals surface area contributed by atoms with E-state index in [4.69, 9.17) is 11.6 Å². The molecule has 11 heteroatoms. The van der Waals surface area contributed by atoms with Gasteiger partial charge in [-0.1, -0.05) is 48.0 Å². The fraction of sp³-hybridized carbons (Fsp3) is 0.0870. The van der Waals surface area contributed by atoms with Crippen molar-refractivity contribution in [3.63, 3.8) is 0 Å². The molecule has 0 aliphatic rings. The molecular weight excluding hydrogens is 476 g/mol. The van der Waals surface area contributed by atoms with Crippen LogP contribution < -0.4 is 10.6 Å². The number of nitrogens with zero attached hydrogens (tertiary/aromatic N) is 4. The van der Waals surface area contributed by atoms with Gasteiger partial charge in [-0.2, -0.15) is 15.0 Å². The fourth-order valence-electron chi connectivity index (χ4n) is 2.98. The molecule has 0 spiro atoms. The van der Waals surface area contributed by atoms with Gasteiger partial charge in [0.2, 0.25) is 11.9 Å². The highest BCUT2D eigenvalue weighted by molar-refractivity contribution is 7.90. The van der Waals surface area contributed by atoms with Crippen LogP contribution in [0.3, 0.4) is 0 Å². The van der Waals surface area contributed by atoms with Crippen molar-refractivity contribution in [2.75, 3.05) is 16.9 Å². The number of anilines is 2. The number of halogens is 1. The van der Waals surface area contributed by atoms with Gasteiger partial charge in [0.25, 0.3) is 5.91 Å². The number of rotatable bonds is 7. The van der Waals surface area contributed by atoms with Gasteiger partial charge in [0.1, 0.15) is 5.69 Å². The minimum absolute atomic E-state index is 0.0122. The molecule has 1 amide bonds. The quantitative estimate of drug-likeness (QED) is 0.396. The van der Waals surface area contributed by atoms with E-state index in [2.05, 4.69) is 30.6 Å². The third-order valence-corrected chi connectivity index (χ3v) is 6.08. The van der Waals surface area contributed by atoms with Crippen LogP contribution in [0.5, 0.6) is 0 Å². The number of benzene rings is 2. The first-order valence-corrected chi connectivity index (χ1v) is 12.3. The Morgan fingerprint density at radius 3 is 2.35 bits per heavy atom. The summed E-state index contributed by atoms with van der Waals surface area (Å²) in [6.45, 7) is 0.457. The molecule has 4 aromatic rings. The lowest BCUT2D eigenvalue weighted by Crippen LogP contribution is -2.17. The van der Waals surface area contributed by atoms with Gasteiger partial charge >= 0.3 is 0 Å². The van der Waals surface area contributed by atoms with Gasteiger partial charge in [0.15, 0.2) is 15.7 Å². The molecule has 2 heterocycles. The number of pyridine rings is 1. The van der Waals surface area contributed by atoms with Gasteiger partial charge in [-0.3, -0.25) is 15.1 Å². The molecule has 2 aromatic carbocycles. The highest BCUT2D eigenvalue weighted by atomic mass is 35.5. The van der Waals surface area contributed by atoms with E-state index in [1.807, 2.05) is 30.3 Å². The van der Waals surface area contributed by atoms with Crippen molar-refractivity contribution in [2.45, 2.75) is 11.4 Å². The highest BCUT2D eigenvalue weighted by Gasteiger charge is 2.17. The average molecular weight is 495 g/mol. The highest BCUT2D eigenvalue weighted by Crippen LogP contribution is 2.22. The van der Waals surface area contributed by atoms with E-state index >= 15 is 0 Å². The summed E-state index contributed by atoms with van der Waals surface area (Å²) in [4.78, 5) is 30.2. The van der Waals surface area contributed by atoms with Gasteiger partial charge in [-0.15, -0.1) is 0 Å². The van der Waals surface area contributed by atoms with Crippen molar-refractivity contribution in [2.24, 2.45) is 0 Å². The summed E-state index contributed by atoms with van der Waals surface area (Å²) in [5, 5.41) is 5.72. The lowest BCUT2D eigenvalue weighted by molar-refractivity contribution is 0.102. The standard InChI is InChI=1S/C23H19ClN6O3S/c1-34(32,33)16-10-11-17(18(24)13-16)21(31)29-23-28-20(19-9-5-6-12-25-19)27-22(30-23)26-14-15-7-3-2-4-8-15/h2-13H,14H2,1H3,(H2,26,27,28,29,30,31). The number of carbonyl (C=O) groups excluding carboxylic acids is 1. The van der Waals surface area contributed by atoms with Crippen LogP contribution in [0, 0.1) is 0 Å². The number of carbonyl (C=O) groups is 1. The van der Waals surface area contributed by atoms with Gasteiger partial charge in [-0.05, 0) is 35.9 Å². The molecule has 34 heavy (non-hydrogen) atoms. The monoisotopic (exact) mass is 494 g/mol. The average Bonchev–Trinajstić information content (AvgIpc) is 2.83. The van der Waals surface area contributed by atoms with Crippen LogP contribution >= 0.6 is 11.6 Å². The Morgan fingerprint density at radius 2 is 1.68 bits per heavy atom. The zero-order chi connectivity index (χ0) is 24.1. The number of hydrogen-bond donors (Lipinski definition) is 2. The van der Waals surface area contributed by atoms with E-state index in [0.29, 0.717) is 12.2 Å². The zero-order valence-corrected chi connectivity index (χ0v) is 19.5. The van der Waals surface area contributed by atoms with Crippen molar-refractivity contribution in [1.29, 1.82) is 0 Å². The molecule has 0 bridgehead atoms. The Bertz CT molecular complexity index is 1430. The molecule has 0 radical (unpaired) electrons. The fourth-order valence-corrected chi connectivity index (χ4v) is 3.96. The van der Waals surface area contributed by atoms with E-state index in [1.165, 1.54) is 18.2 Å². The Hall–Kier alpha value is -3.89. The summed E-state index contributed by atoms with van der Waals surface area (Å²) < 4.78 is 23.5. The first-order valence-electron chi connectivity index (χ1n) is 10.1. The molecule has 0 saturated carbocycles. The molecule has 0 aliphatic heterocycles. The first kappa shape index (κ1) is 23.3. The SMILES string of the molecule is CS(=O)(=O)c1ccc(C(=O)Nc2nc(NCc3ccccc3)nc(-c3ccccn3)n2)c(Cl)c1. The third kappa shape index (κ3) is 5.72. The summed E-state index contributed by atoms with van der Waals surface area (Å²) in [5.41, 5.74) is 1.59. The van der Waals surface area contributed by atoms with Crippen LogP contribution in [0.1, 0.15) is 15.9 Å². The molecule has 0 saturated heterocycles. The van der Waals surface area contributed by atoms with Crippen molar-refractivity contribution in [3.8, 4) is 11.5 Å². The van der Waals surface area contributed by atoms with Crippen LogP contribution in [0.2, 0.25) is 5.02 Å². The second-order valence-electron chi connectivity index (χ2n) is 7.23. The van der Waals surface area contributed by atoms with Crippen LogP contribution in [0.15, 0.2) is 77.8 Å². The molecule has 0 fully saturated rings. The molecule has 172 valence electrons. The number of sulfone groups is 1. The Balaban J connectivity index is 1.63. The maximum atomic E-state index is 12.9. The predicted octanol–water partition coefficient (Wildman–Crippen LogP) is 3.85. The Morgan fingerprint density at radius 1 is 0.941 bits per heavy atom. The largest absolute Gasteiger partial charge is 0.350 e. The Kier molecular flexibility index (Phi) is 6.80. The van der Waals surface area contributed by atoms with E-state index in [1.54, 1.807) is 24.4 Å². The smallest absolute Gasteiger partial charge is 0.259 e. The predicted molar refractivity (Wildman–Crippen MR) is 129 cm³/mol. The van der Waals surface area contributed by atoms with Crippen molar-refractivity contribution >= 4 is 39.2 Å². The van der Waals surface area contributed by atoms with Gasteiger partial charge in [0, 0.05) is 19.0 Å². The van der Waals surface area contributed by atoms with Crippen LogP contribution in [0.4, 0.5) is 11.9 Å². The molecule has 0 unspecified atom stereocenters. The van der Waals surface area contributed by atoms with E-state index < -0.39 is 15.7 Å². The Labute approximate surface area is 201 Å². The minimum Gasteiger partial charge on any atom is -0.350 e. The van der Waals surface area contributed by atoms with Crippen LogP contribution in [-0.4, -0.2) is 40.5 Å². The first-order chi connectivity index (χ1) is 16.3. The van der Waals surface area contributed by atoms with Crippen LogP contribution in [0.25, 0.3) is 11.5 Å². The lowest BCUT2D eigenvalue weighted by Gasteiger charge is -2.11. The lowest BCUT2D eigenvalue weighted by atomic mass is 10.2. The van der Waals surface area contributed by atoms with Crippen LogP contribution in [-0.2, 0) is 16.4 Å². The molecule has 4 rings (SSSR count). The summed E-state index contributed by atoms with van der Waals surface area (Å²) in [7, 11) is -3.46. The topological polar surface area (TPSA) is 127 Å². The zero-order valence-electron chi connectivity index (χ0n) is 17.9. The van der Waals surface area contributed by atoms with Crippen molar-refractivity contribution in [1.82, 2.24) is 19.9 Å². The molecule has 0 aliphatic carbocycles. The number of aromatic nitrogens is 4. The minimum atomic E-state index is -3.46. The summed E-state index contributed by atoms with van der Waals surface area (Å²) in [6.07, 6.45) is 2.67. The second-order valence-corrected chi connectivity index (χ2v) is 9.65. The molecule has 9 nitrogen and oxygen atoms in total. The number of amides is 1. The number of hydrogen-bond acceptors (Lipinski definition) is 8. The molecule has 0 atom stereocenters.